The molecule has 6 nitrogen and oxygen atoms in total. The van der Waals surface area contributed by atoms with Gasteiger partial charge in [0.2, 0.25) is 5.91 Å². The van der Waals surface area contributed by atoms with Crippen LogP contribution in [0, 0.1) is 5.92 Å². The number of nitrogens with zero attached hydrogens (tertiary/aromatic N) is 2. The first kappa shape index (κ1) is 23.9. The standard InChI is InChI=1S/C28H34ClN5O/c29-24-4-2-1-3-21(24)7-12-27(35)32-22-8-5-19(6-9-22)18-34-15-13-20(14-16-34)23-17-31-25-10-11-26(30)33-28(23)25/h1-4,7,10-12,17,19-20,22,31H,5-6,8-9,13-16,18H2,(H2,30,33)(H,32,35)/b12-7+. The lowest BCUT2D eigenvalue weighted by molar-refractivity contribution is -0.117. The molecule has 0 atom stereocenters. The fraction of sp³-hybridized carbons (Fsp3) is 0.429. The molecule has 1 saturated carbocycles. The van der Waals surface area contributed by atoms with Gasteiger partial charge in [-0.1, -0.05) is 29.8 Å². The third kappa shape index (κ3) is 5.88. The van der Waals surface area contributed by atoms with Crippen molar-refractivity contribution in [3.63, 3.8) is 0 Å². The van der Waals surface area contributed by atoms with Gasteiger partial charge >= 0.3 is 0 Å². The van der Waals surface area contributed by atoms with Crippen LogP contribution in [0.5, 0.6) is 0 Å². The van der Waals surface area contributed by atoms with Crippen LogP contribution < -0.4 is 11.1 Å². The highest BCUT2D eigenvalue weighted by Crippen LogP contribution is 2.34. The van der Waals surface area contributed by atoms with Crippen molar-refractivity contribution in [3.05, 3.63) is 64.8 Å². The number of hydrogen-bond acceptors (Lipinski definition) is 4. The number of likely N-dealkylation sites (tertiary alicyclic amines) is 1. The van der Waals surface area contributed by atoms with E-state index in [0.29, 0.717) is 22.7 Å². The third-order valence-corrected chi connectivity index (χ3v) is 7.97. The van der Waals surface area contributed by atoms with Gasteiger partial charge in [0, 0.05) is 29.9 Å². The Labute approximate surface area is 211 Å². The largest absolute Gasteiger partial charge is 0.384 e. The number of nitrogen functional groups attached to an aromatic ring is 1. The van der Waals surface area contributed by atoms with Gasteiger partial charge in [-0.3, -0.25) is 4.79 Å². The lowest BCUT2D eigenvalue weighted by Gasteiger charge is -2.36. The fourth-order valence-corrected chi connectivity index (χ4v) is 5.85. The summed E-state index contributed by atoms with van der Waals surface area (Å²) in [6, 6.07) is 11.7. The van der Waals surface area contributed by atoms with E-state index in [9.17, 15) is 4.79 Å². The van der Waals surface area contributed by atoms with E-state index in [4.69, 9.17) is 17.3 Å². The Kier molecular flexibility index (Phi) is 7.40. The Morgan fingerprint density at radius 1 is 1.11 bits per heavy atom. The predicted molar refractivity (Wildman–Crippen MR) is 143 cm³/mol. The lowest BCUT2D eigenvalue weighted by Crippen LogP contribution is -2.41. The van der Waals surface area contributed by atoms with E-state index in [1.807, 2.05) is 36.4 Å². The molecule has 1 aliphatic heterocycles. The molecule has 1 aliphatic carbocycles. The maximum absolute atomic E-state index is 12.4. The molecular formula is C28H34ClN5O. The molecule has 2 aliphatic rings. The van der Waals surface area contributed by atoms with E-state index in [2.05, 4.69) is 26.4 Å². The van der Waals surface area contributed by atoms with E-state index in [-0.39, 0.29) is 11.9 Å². The van der Waals surface area contributed by atoms with Gasteiger partial charge in [-0.05, 0) is 98.9 Å². The Hall–Kier alpha value is -2.83. The van der Waals surface area contributed by atoms with Gasteiger partial charge in [0.15, 0.2) is 0 Å². The highest BCUT2D eigenvalue weighted by molar-refractivity contribution is 6.32. The minimum Gasteiger partial charge on any atom is -0.384 e. The molecule has 5 rings (SSSR count). The second-order valence-corrected chi connectivity index (χ2v) is 10.4. The normalized spacial score (nSPS) is 22.1. The van der Waals surface area contributed by atoms with Crippen LogP contribution in [-0.2, 0) is 4.79 Å². The second-order valence-electron chi connectivity index (χ2n) is 10.0. The first-order valence-electron chi connectivity index (χ1n) is 12.7. The Balaban J connectivity index is 1.05. The zero-order valence-electron chi connectivity index (χ0n) is 20.1. The number of amides is 1. The quantitative estimate of drug-likeness (QED) is 0.405. The maximum Gasteiger partial charge on any atom is 0.244 e. The molecule has 2 fully saturated rings. The van der Waals surface area contributed by atoms with E-state index in [1.54, 1.807) is 12.2 Å². The van der Waals surface area contributed by atoms with Gasteiger partial charge in [-0.2, -0.15) is 0 Å². The molecule has 0 radical (unpaired) electrons. The Bertz CT molecular complexity index is 1190. The SMILES string of the molecule is Nc1ccc2[nH]cc(C3CCN(CC4CCC(NC(=O)/C=C/c5ccccc5Cl)CC4)CC3)c2n1. The average Bonchev–Trinajstić information content (AvgIpc) is 3.28. The number of halogens is 1. The van der Waals surface area contributed by atoms with Crippen LogP contribution >= 0.6 is 11.6 Å². The number of carbonyl (C=O) groups excluding carboxylic acids is 1. The van der Waals surface area contributed by atoms with Gasteiger partial charge in [0.1, 0.15) is 5.82 Å². The van der Waals surface area contributed by atoms with Crippen molar-refractivity contribution in [1.82, 2.24) is 20.2 Å². The number of hydrogen-bond donors (Lipinski definition) is 3. The number of fused-ring (bicyclic) bond motifs is 1. The van der Waals surface area contributed by atoms with Gasteiger partial charge in [-0.15, -0.1) is 0 Å². The van der Waals surface area contributed by atoms with Crippen molar-refractivity contribution in [1.29, 1.82) is 0 Å². The summed E-state index contributed by atoms with van der Waals surface area (Å²) < 4.78 is 0. The summed E-state index contributed by atoms with van der Waals surface area (Å²) in [4.78, 5) is 22.9. The molecule has 1 aromatic carbocycles. The minimum atomic E-state index is -0.0380. The predicted octanol–water partition coefficient (Wildman–Crippen LogP) is 5.37. The first-order chi connectivity index (χ1) is 17.0. The topological polar surface area (TPSA) is 87.0 Å². The number of aromatic nitrogens is 2. The second kappa shape index (κ2) is 10.8. The van der Waals surface area contributed by atoms with E-state index in [1.165, 1.54) is 24.9 Å². The van der Waals surface area contributed by atoms with Crippen LogP contribution in [0.2, 0.25) is 5.02 Å². The number of aromatic amines is 1. The number of rotatable bonds is 6. The molecule has 35 heavy (non-hydrogen) atoms. The minimum absolute atomic E-state index is 0.0380. The molecular weight excluding hydrogens is 458 g/mol. The molecule has 7 heteroatoms. The molecule has 0 bridgehead atoms. The molecule has 0 unspecified atom stereocenters. The van der Waals surface area contributed by atoms with E-state index >= 15 is 0 Å². The Morgan fingerprint density at radius 2 is 1.89 bits per heavy atom. The highest BCUT2D eigenvalue weighted by atomic mass is 35.5. The first-order valence-corrected chi connectivity index (χ1v) is 13.1. The molecule has 4 N–H and O–H groups in total. The van der Waals surface area contributed by atoms with Crippen LogP contribution in [0.15, 0.2) is 48.7 Å². The van der Waals surface area contributed by atoms with Gasteiger partial charge in [-0.25, -0.2) is 4.98 Å². The molecule has 3 aromatic rings. The number of H-pyrrole nitrogens is 1. The number of benzene rings is 1. The average molecular weight is 492 g/mol. The summed E-state index contributed by atoms with van der Waals surface area (Å²) >= 11 is 6.16. The smallest absolute Gasteiger partial charge is 0.244 e. The number of nitrogens with two attached hydrogens (primary N) is 1. The van der Waals surface area contributed by atoms with Crippen LogP contribution in [0.1, 0.15) is 55.6 Å². The third-order valence-electron chi connectivity index (χ3n) is 7.63. The summed E-state index contributed by atoms with van der Waals surface area (Å²) in [6.07, 6.45) is 12.3. The summed E-state index contributed by atoms with van der Waals surface area (Å²) in [7, 11) is 0. The van der Waals surface area contributed by atoms with E-state index < -0.39 is 0 Å². The fourth-order valence-electron chi connectivity index (χ4n) is 5.65. The lowest BCUT2D eigenvalue weighted by atomic mass is 9.84. The number of anilines is 1. The number of pyridine rings is 1. The maximum atomic E-state index is 12.4. The molecule has 3 heterocycles. The van der Waals surface area contributed by atoms with Crippen molar-refractivity contribution in [2.45, 2.75) is 50.5 Å². The van der Waals surface area contributed by atoms with Crippen LogP contribution in [0.4, 0.5) is 5.82 Å². The van der Waals surface area contributed by atoms with Crippen molar-refractivity contribution in [2.24, 2.45) is 5.92 Å². The summed E-state index contributed by atoms with van der Waals surface area (Å²) in [6.45, 7) is 3.42. The number of carbonyl (C=O) groups is 1. The summed E-state index contributed by atoms with van der Waals surface area (Å²) in [5, 5.41) is 3.83. The molecule has 0 spiro atoms. The Morgan fingerprint density at radius 3 is 2.66 bits per heavy atom. The zero-order valence-corrected chi connectivity index (χ0v) is 20.8. The van der Waals surface area contributed by atoms with Gasteiger partial charge in [0.25, 0.3) is 0 Å². The van der Waals surface area contributed by atoms with Crippen molar-refractivity contribution in [3.8, 4) is 0 Å². The molecule has 184 valence electrons. The number of piperidine rings is 1. The van der Waals surface area contributed by atoms with Crippen molar-refractivity contribution < 1.29 is 4.79 Å². The van der Waals surface area contributed by atoms with Crippen molar-refractivity contribution >= 4 is 40.4 Å². The summed E-state index contributed by atoms with van der Waals surface area (Å²) in [5.74, 6) is 1.80. The molecule has 2 aromatic heterocycles. The van der Waals surface area contributed by atoms with E-state index in [0.717, 1.165) is 55.4 Å². The van der Waals surface area contributed by atoms with Gasteiger partial charge in [0.05, 0.1) is 11.0 Å². The summed E-state index contributed by atoms with van der Waals surface area (Å²) in [5.41, 5.74) is 10.2. The van der Waals surface area contributed by atoms with Gasteiger partial charge < -0.3 is 20.9 Å². The number of nitrogens with one attached hydrogen (secondary N) is 2. The monoisotopic (exact) mass is 491 g/mol. The zero-order chi connectivity index (χ0) is 24.2. The molecule has 1 saturated heterocycles. The van der Waals surface area contributed by atoms with Crippen LogP contribution in [-0.4, -0.2) is 46.5 Å². The van der Waals surface area contributed by atoms with Crippen molar-refractivity contribution in [2.75, 3.05) is 25.4 Å². The van der Waals surface area contributed by atoms with Crippen LogP contribution in [0.3, 0.4) is 0 Å². The molecule has 1 amide bonds. The van der Waals surface area contributed by atoms with Crippen LogP contribution in [0.25, 0.3) is 17.1 Å². The highest BCUT2D eigenvalue weighted by Gasteiger charge is 2.27.